The van der Waals surface area contributed by atoms with Crippen LogP contribution >= 0.6 is 12.2 Å². The van der Waals surface area contributed by atoms with E-state index >= 15 is 0 Å². The van der Waals surface area contributed by atoms with Crippen molar-refractivity contribution in [1.82, 2.24) is 4.90 Å². The Morgan fingerprint density at radius 3 is 2.57 bits per heavy atom. The molecule has 0 N–H and O–H groups in total. The highest BCUT2D eigenvalue weighted by Gasteiger charge is 2.63. The Morgan fingerprint density at radius 2 is 2.10 bits per heavy atom. The molecule has 0 bridgehead atoms. The zero-order chi connectivity index (χ0) is 15.8. The van der Waals surface area contributed by atoms with Gasteiger partial charge in [0.15, 0.2) is 12.1 Å². The second-order valence-corrected chi connectivity index (χ2v) is 6.13. The van der Waals surface area contributed by atoms with Crippen LogP contribution in [0, 0.1) is 0 Å². The van der Waals surface area contributed by atoms with Gasteiger partial charge in [-0.25, -0.2) is 9.59 Å². The summed E-state index contributed by atoms with van der Waals surface area (Å²) in [5.74, 6) is -0.477. The predicted molar refractivity (Wildman–Crippen MR) is 75.7 cm³/mol. The second-order valence-electron chi connectivity index (χ2n) is 5.79. The van der Waals surface area contributed by atoms with Gasteiger partial charge in [-0.05, 0) is 27.7 Å². The fourth-order valence-electron chi connectivity index (χ4n) is 2.17. The largest absolute Gasteiger partial charge is 0.464 e. The van der Waals surface area contributed by atoms with E-state index in [0.717, 1.165) is 0 Å². The van der Waals surface area contributed by atoms with E-state index in [2.05, 4.69) is 0 Å². The van der Waals surface area contributed by atoms with Crippen molar-refractivity contribution >= 4 is 29.5 Å². The zero-order valence-electron chi connectivity index (χ0n) is 12.5. The molecule has 0 radical (unpaired) electrons. The van der Waals surface area contributed by atoms with Gasteiger partial charge in [0.25, 0.3) is 0 Å². The maximum atomic E-state index is 12.2. The molecule has 0 aromatic rings. The SMILES string of the molecule is CCOC(=O)[C@H]1[C@H]([C@H]2COC(=S)O2)N1C(=O)OC(C)(C)C. The summed E-state index contributed by atoms with van der Waals surface area (Å²) in [6.07, 6.45) is -1.05. The van der Waals surface area contributed by atoms with Gasteiger partial charge in [0, 0.05) is 12.2 Å². The van der Waals surface area contributed by atoms with Crippen LogP contribution in [0.3, 0.4) is 0 Å². The minimum absolute atomic E-state index is 0.0265. The Bertz CT molecular complexity index is 460. The van der Waals surface area contributed by atoms with Crippen LogP contribution in [0.15, 0.2) is 0 Å². The lowest BCUT2D eigenvalue weighted by molar-refractivity contribution is -0.143. The van der Waals surface area contributed by atoms with Crippen molar-refractivity contribution in [2.75, 3.05) is 13.2 Å². The molecule has 0 aliphatic carbocycles. The van der Waals surface area contributed by atoms with Crippen molar-refractivity contribution in [3.63, 3.8) is 0 Å². The quantitative estimate of drug-likeness (QED) is 0.440. The number of ether oxygens (including phenoxy) is 4. The summed E-state index contributed by atoms with van der Waals surface area (Å²) in [5.41, 5.74) is -0.647. The summed E-state index contributed by atoms with van der Waals surface area (Å²) in [5, 5.41) is 0.0265. The fourth-order valence-corrected chi connectivity index (χ4v) is 2.36. The molecule has 0 aromatic carbocycles. The Morgan fingerprint density at radius 1 is 1.43 bits per heavy atom. The first-order valence-electron chi connectivity index (χ1n) is 6.76. The van der Waals surface area contributed by atoms with Crippen molar-refractivity contribution < 1.29 is 28.5 Å². The Hall–Kier alpha value is -1.57. The lowest BCUT2D eigenvalue weighted by Gasteiger charge is -2.20. The molecule has 0 aromatic heterocycles. The molecule has 0 unspecified atom stereocenters. The van der Waals surface area contributed by atoms with Crippen molar-refractivity contribution in [2.45, 2.75) is 51.5 Å². The molecule has 21 heavy (non-hydrogen) atoms. The topological polar surface area (TPSA) is 74.1 Å². The van der Waals surface area contributed by atoms with E-state index in [9.17, 15) is 9.59 Å². The van der Waals surface area contributed by atoms with Gasteiger partial charge in [-0.15, -0.1) is 0 Å². The van der Waals surface area contributed by atoms with Crippen molar-refractivity contribution in [3.05, 3.63) is 0 Å². The average molecular weight is 317 g/mol. The van der Waals surface area contributed by atoms with Gasteiger partial charge in [-0.1, -0.05) is 0 Å². The van der Waals surface area contributed by atoms with Crippen LogP contribution in [0.5, 0.6) is 0 Å². The number of carbonyl (C=O) groups is 2. The minimum atomic E-state index is -0.714. The van der Waals surface area contributed by atoms with Gasteiger partial charge in [-0.3, -0.25) is 4.90 Å². The highest BCUT2D eigenvalue weighted by Crippen LogP contribution is 2.37. The standard InChI is InChI=1S/C13H19NO6S/c1-5-17-10(15)9-8(7-6-18-12(21)19-7)14(9)11(16)20-13(2,3)4/h7-9H,5-6H2,1-4H3/t7-,8+,9-,14?/m1/s1. The predicted octanol–water partition coefficient (Wildman–Crippen LogP) is 1.24. The second kappa shape index (κ2) is 5.67. The third-order valence-corrected chi connectivity index (χ3v) is 3.20. The fraction of sp³-hybridized carbons (Fsp3) is 0.769. The van der Waals surface area contributed by atoms with Crippen LogP contribution in [-0.4, -0.2) is 59.2 Å². The number of hydrogen-bond donors (Lipinski definition) is 0. The van der Waals surface area contributed by atoms with Gasteiger partial charge in [0.2, 0.25) is 0 Å². The highest BCUT2D eigenvalue weighted by atomic mass is 32.1. The summed E-state index contributed by atoms with van der Waals surface area (Å²) in [4.78, 5) is 25.4. The number of thiocarbonyl (C=S) groups is 1. The molecule has 8 heteroatoms. The first kappa shape index (κ1) is 15.8. The molecule has 2 rings (SSSR count). The number of carbonyl (C=O) groups excluding carboxylic acids is 2. The van der Waals surface area contributed by atoms with Crippen molar-refractivity contribution in [3.8, 4) is 0 Å². The van der Waals surface area contributed by atoms with Crippen molar-refractivity contribution in [2.24, 2.45) is 0 Å². The van der Waals surface area contributed by atoms with Gasteiger partial charge in [0.1, 0.15) is 18.2 Å². The lowest BCUT2D eigenvalue weighted by Crippen LogP contribution is -2.31. The van der Waals surface area contributed by atoms with E-state index in [1.165, 1.54) is 4.90 Å². The first-order chi connectivity index (χ1) is 9.74. The van der Waals surface area contributed by atoms with Crippen LogP contribution in [-0.2, 0) is 23.7 Å². The Kier molecular flexibility index (Phi) is 4.27. The number of esters is 1. The molecule has 0 saturated carbocycles. The molecular weight excluding hydrogens is 298 g/mol. The third kappa shape index (κ3) is 3.55. The van der Waals surface area contributed by atoms with E-state index in [1.54, 1.807) is 27.7 Å². The van der Waals surface area contributed by atoms with Gasteiger partial charge >= 0.3 is 17.3 Å². The molecule has 1 amide bonds. The van der Waals surface area contributed by atoms with Crippen LogP contribution in [0.4, 0.5) is 4.79 Å². The molecule has 2 heterocycles. The summed E-state index contributed by atoms with van der Waals surface area (Å²) >= 11 is 4.80. The van der Waals surface area contributed by atoms with Crippen molar-refractivity contribution in [1.29, 1.82) is 0 Å². The van der Waals surface area contributed by atoms with E-state index in [-0.39, 0.29) is 18.5 Å². The van der Waals surface area contributed by atoms with Gasteiger partial charge < -0.3 is 18.9 Å². The molecule has 3 atom stereocenters. The third-order valence-electron chi connectivity index (χ3n) is 2.98. The van der Waals surface area contributed by atoms with Crippen LogP contribution in [0.1, 0.15) is 27.7 Å². The smallest absolute Gasteiger partial charge is 0.411 e. The van der Waals surface area contributed by atoms with Crippen LogP contribution in [0.2, 0.25) is 0 Å². The van der Waals surface area contributed by atoms with Crippen LogP contribution in [0.25, 0.3) is 0 Å². The minimum Gasteiger partial charge on any atom is -0.464 e. The Balaban J connectivity index is 2.07. The summed E-state index contributed by atoms with van der Waals surface area (Å²) in [6.45, 7) is 7.42. The summed E-state index contributed by atoms with van der Waals surface area (Å²) in [6, 6.07) is -1.19. The molecule has 2 saturated heterocycles. The molecule has 118 valence electrons. The monoisotopic (exact) mass is 317 g/mol. The summed E-state index contributed by atoms with van der Waals surface area (Å²) in [7, 11) is 0. The van der Waals surface area contributed by atoms with Gasteiger partial charge in [-0.2, -0.15) is 0 Å². The zero-order valence-corrected chi connectivity index (χ0v) is 13.3. The number of hydrogen-bond acceptors (Lipinski definition) is 7. The number of nitrogens with zero attached hydrogens (tertiary/aromatic N) is 1. The first-order valence-corrected chi connectivity index (χ1v) is 7.16. The number of amides is 1. The maximum Gasteiger partial charge on any atom is 0.411 e. The summed E-state index contributed by atoms with van der Waals surface area (Å²) < 4.78 is 20.6. The molecular formula is C13H19NO6S. The van der Waals surface area contributed by atoms with Gasteiger partial charge in [0.05, 0.1) is 6.61 Å². The van der Waals surface area contributed by atoms with E-state index in [4.69, 9.17) is 31.2 Å². The molecule has 2 aliphatic heterocycles. The Labute approximate surface area is 128 Å². The van der Waals surface area contributed by atoms with E-state index in [0.29, 0.717) is 0 Å². The van der Waals surface area contributed by atoms with E-state index in [1.807, 2.05) is 0 Å². The highest BCUT2D eigenvalue weighted by molar-refractivity contribution is 7.79. The molecule has 0 spiro atoms. The maximum absolute atomic E-state index is 12.2. The molecule has 7 nitrogen and oxygen atoms in total. The molecule has 2 fully saturated rings. The number of rotatable bonds is 3. The van der Waals surface area contributed by atoms with E-state index < -0.39 is 35.9 Å². The van der Waals surface area contributed by atoms with Crippen LogP contribution < -0.4 is 0 Å². The molecule has 2 aliphatic rings. The lowest BCUT2D eigenvalue weighted by atomic mass is 10.2. The average Bonchev–Trinajstić information content (AvgIpc) is 2.96. The normalized spacial score (nSPS) is 27.7.